The Balaban J connectivity index is 1.98. The summed E-state index contributed by atoms with van der Waals surface area (Å²) >= 11 is 0. The lowest BCUT2D eigenvalue weighted by molar-refractivity contribution is -0.114. The smallest absolute Gasteiger partial charge is 0.222 e. The molecule has 2 heterocycles. The van der Waals surface area contributed by atoms with Gasteiger partial charge in [0.1, 0.15) is 11.6 Å². The molecule has 5 heteroatoms. The van der Waals surface area contributed by atoms with Crippen molar-refractivity contribution >= 4 is 22.8 Å². The molecule has 0 radical (unpaired) electrons. The standard InChI is InChI=1S/C23H30N4O/c1-14(2)11-18(23(4,5)6)22-26-19-8-7-16(12-20(19)27-22)17-9-10-24-21(13-17)25-15(3)28/h7-10,12-14,18H,11H2,1-6H3,(H,26,27)(H,24,25,28). The van der Waals surface area contributed by atoms with Crippen molar-refractivity contribution in [1.82, 2.24) is 15.0 Å². The van der Waals surface area contributed by atoms with Crippen LogP contribution in [0.25, 0.3) is 22.2 Å². The second-order valence-corrected chi connectivity index (χ2v) is 9.01. The Bertz CT molecular complexity index is 982. The molecule has 2 N–H and O–H groups in total. The third kappa shape index (κ3) is 4.58. The lowest BCUT2D eigenvalue weighted by Crippen LogP contribution is -2.21. The van der Waals surface area contributed by atoms with Crippen molar-refractivity contribution < 1.29 is 4.79 Å². The summed E-state index contributed by atoms with van der Waals surface area (Å²) in [6.45, 7) is 12.8. The summed E-state index contributed by atoms with van der Waals surface area (Å²) in [5.41, 5.74) is 4.22. The third-order valence-corrected chi connectivity index (χ3v) is 4.98. The molecular weight excluding hydrogens is 348 g/mol. The van der Waals surface area contributed by atoms with E-state index in [0.717, 1.165) is 34.4 Å². The van der Waals surface area contributed by atoms with Gasteiger partial charge in [0.15, 0.2) is 0 Å². The monoisotopic (exact) mass is 378 g/mol. The number of hydrogen-bond donors (Lipinski definition) is 2. The average molecular weight is 379 g/mol. The molecule has 0 aliphatic rings. The quantitative estimate of drug-likeness (QED) is 0.593. The van der Waals surface area contributed by atoms with E-state index in [1.165, 1.54) is 6.92 Å². The molecule has 0 fully saturated rings. The van der Waals surface area contributed by atoms with Gasteiger partial charge in [-0.05, 0) is 53.1 Å². The number of amides is 1. The molecular formula is C23H30N4O. The largest absolute Gasteiger partial charge is 0.342 e. The molecule has 0 aliphatic heterocycles. The summed E-state index contributed by atoms with van der Waals surface area (Å²) in [5, 5.41) is 2.74. The van der Waals surface area contributed by atoms with E-state index in [2.05, 4.69) is 68.1 Å². The predicted molar refractivity (Wildman–Crippen MR) is 115 cm³/mol. The van der Waals surface area contributed by atoms with Gasteiger partial charge in [0.05, 0.1) is 11.0 Å². The normalized spacial score (nSPS) is 13.1. The highest BCUT2D eigenvalue weighted by Crippen LogP contribution is 2.39. The van der Waals surface area contributed by atoms with Crippen LogP contribution in [-0.2, 0) is 4.79 Å². The molecule has 1 amide bonds. The van der Waals surface area contributed by atoms with Crippen LogP contribution in [0, 0.1) is 11.3 Å². The van der Waals surface area contributed by atoms with Gasteiger partial charge in [-0.2, -0.15) is 0 Å². The van der Waals surface area contributed by atoms with Crippen LogP contribution in [-0.4, -0.2) is 20.9 Å². The van der Waals surface area contributed by atoms with Crippen LogP contribution in [0.1, 0.15) is 59.7 Å². The van der Waals surface area contributed by atoms with Crippen molar-refractivity contribution in [3.63, 3.8) is 0 Å². The maximum absolute atomic E-state index is 11.3. The highest BCUT2D eigenvalue weighted by atomic mass is 16.1. The van der Waals surface area contributed by atoms with E-state index in [1.807, 2.05) is 12.1 Å². The summed E-state index contributed by atoms with van der Waals surface area (Å²) in [6, 6.07) is 10.1. The fourth-order valence-corrected chi connectivity index (χ4v) is 3.58. The molecule has 0 saturated carbocycles. The third-order valence-electron chi connectivity index (χ3n) is 4.98. The van der Waals surface area contributed by atoms with Crippen LogP contribution in [0.5, 0.6) is 0 Å². The number of H-pyrrole nitrogens is 1. The molecule has 0 saturated heterocycles. The zero-order valence-corrected chi connectivity index (χ0v) is 17.6. The number of imidazole rings is 1. The van der Waals surface area contributed by atoms with Crippen LogP contribution in [0.2, 0.25) is 0 Å². The second-order valence-electron chi connectivity index (χ2n) is 9.01. The molecule has 0 spiro atoms. The lowest BCUT2D eigenvalue weighted by atomic mass is 9.76. The van der Waals surface area contributed by atoms with Gasteiger partial charge in [0, 0.05) is 19.0 Å². The topological polar surface area (TPSA) is 70.7 Å². The van der Waals surface area contributed by atoms with Gasteiger partial charge in [0.2, 0.25) is 5.91 Å². The Morgan fingerprint density at radius 1 is 1.14 bits per heavy atom. The number of carbonyl (C=O) groups is 1. The number of benzene rings is 1. The zero-order chi connectivity index (χ0) is 20.5. The van der Waals surface area contributed by atoms with Crippen molar-refractivity contribution in [3.8, 4) is 11.1 Å². The van der Waals surface area contributed by atoms with Crippen molar-refractivity contribution in [2.75, 3.05) is 5.32 Å². The van der Waals surface area contributed by atoms with Crippen molar-refractivity contribution in [2.45, 2.75) is 53.9 Å². The molecule has 1 atom stereocenters. The molecule has 0 bridgehead atoms. The molecule has 3 rings (SSSR count). The van der Waals surface area contributed by atoms with Gasteiger partial charge in [-0.1, -0.05) is 40.7 Å². The lowest BCUT2D eigenvalue weighted by Gasteiger charge is -2.30. The first kappa shape index (κ1) is 20.1. The molecule has 1 aromatic carbocycles. The van der Waals surface area contributed by atoms with E-state index >= 15 is 0 Å². The van der Waals surface area contributed by atoms with Gasteiger partial charge >= 0.3 is 0 Å². The molecule has 5 nitrogen and oxygen atoms in total. The first-order valence-electron chi connectivity index (χ1n) is 9.87. The Hall–Kier alpha value is -2.69. The number of fused-ring (bicyclic) bond motifs is 1. The Kier molecular flexibility index (Phi) is 5.54. The van der Waals surface area contributed by atoms with E-state index in [4.69, 9.17) is 4.98 Å². The number of aromatic nitrogens is 3. The van der Waals surface area contributed by atoms with Crippen LogP contribution in [0.3, 0.4) is 0 Å². The van der Waals surface area contributed by atoms with Gasteiger partial charge in [-0.3, -0.25) is 4.79 Å². The number of carbonyl (C=O) groups excluding carboxylic acids is 1. The Morgan fingerprint density at radius 2 is 1.86 bits per heavy atom. The number of nitrogens with one attached hydrogen (secondary N) is 2. The highest BCUT2D eigenvalue weighted by molar-refractivity contribution is 5.89. The predicted octanol–water partition coefficient (Wildman–Crippen LogP) is 5.76. The van der Waals surface area contributed by atoms with E-state index in [0.29, 0.717) is 17.7 Å². The number of nitrogens with zero attached hydrogens (tertiary/aromatic N) is 2. The average Bonchev–Trinajstić information content (AvgIpc) is 3.00. The van der Waals surface area contributed by atoms with Gasteiger partial charge in [-0.15, -0.1) is 0 Å². The first-order valence-corrected chi connectivity index (χ1v) is 9.87. The van der Waals surface area contributed by atoms with E-state index < -0.39 is 0 Å². The van der Waals surface area contributed by atoms with Crippen LogP contribution in [0.4, 0.5) is 5.82 Å². The second kappa shape index (κ2) is 7.74. The number of anilines is 1. The van der Waals surface area contributed by atoms with E-state index in [1.54, 1.807) is 6.20 Å². The molecule has 1 unspecified atom stereocenters. The van der Waals surface area contributed by atoms with Gasteiger partial charge in [0.25, 0.3) is 0 Å². The Morgan fingerprint density at radius 3 is 2.50 bits per heavy atom. The number of aromatic amines is 1. The summed E-state index contributed by atoms with van der Waals surface area (Å²) < 4.78 is 0. The van der Waals surface area contributed by atoms with Crippen LogP contribution in [0.15, 0.2) is 36.5 Å². The minimum absolute atomic E-state index is 0.128. The maximum Gasteiger partial charge on any atom is 0.222 e. The van der Waals surface area contributed by atoms with Crippen LogP contribution < -0.4 is 5.32 Å². The number of pyridine rings is 1. The SMILES string of the molecule is CC(=O)Nc1cc(-c2ccc3nc(C(CC(C)C)C(C)(C)C)[nH]c3c2)ccn1. The van der Waals surface area contributed by atoms with Gasteiger partial charge in [-0.25, -0.2) is 9.97 Å². The first-order chi connectivity index (χ1) is 13.1. The van der Waals surface area contributed by atoms with Crippen molar-refractivity contribution in [2.24, 2.45) is 11.3 Å². The molecule has 0 aliphatic carbocycles. The summed E-state index contributed by atoms with van der Waals surface area (Å²) in [5.74, 6) is 2.46. The maximum atomic E-state index is 11.3. The summed E-state index contributed by atoms with van der Waals surface area (Å²) in [7, 11) is 0. The van der Waals surface area contributed by atoms with E-state index in [-0.39, 0.29) is 11.3 Å². The summed E-state index contributed by atoms with van der Waals surface area (Å²) in [6.07, 6.45) is 2.81. The fourth-order valence-electron chi connectivity index (χ4n) is 3.58. The number of rotatable bonds is 5. The molecule has 2 aromatic heterocycles. The minimum atomic E-state index is -0.128. The zero-order valence-electron chi connectivity index (χ0n) is 17.6. The van der Waals surface area contributed by atoms with Crippen molar-refractivity contribution in [3.05, 3.63) is 42.4 Å². The summed E-state index contributed by atoms with van der Waals surface area (Å²) in [4.78, 5) is 24.0. The van der Waals surface area contributed by atoms with Gasteiger partial charge < -0.3 is 10.3 Å². The molecule has 3 aromatic rings. The van der Waals surface area contributed by atoms with Crippen LogP contribution >= 0.6 is 0 Å². The minimum Gasteiger partial charge on any atom is -0.342 e. The molecule has 148 valence electrons. The highest BCUT2D eigenvalue weighted by Gasteiger charge is 2.29. The fraction of sp³-hybridized carbons (Fsp3) is 0.435. The number of hydrogen-bond acceptors (Lipinski definition) is 3. The van der Waals surface area contributed by atoms with E-state index in [9.17, 15) is 4.79 Å². The Labute approximate surface area is 167 Å². The molecule has 28 heavy (non-hydrogen) atoms. The van der Waals surface area contributed by atoms with Crippen molar-refractivity contribution in [1.29, 1.82) is 0 Å².